The molecule has 2 aromatic rings. The normalized spacial score (nSPS) is 10.8. The van der Waals surface area contributed by atoms with E-state index in [4.69, 9.17) is 4.74 Å². The van der Waals surface area contributed by atoms with E-state index in [-0.39, 0.29) is 0 Å². The van der Waals surface area contributed by atoms with Gasteiger partial charge >= 0.3 is 0 Å². The van der Waals surface area contributed by atoms with Crippen molar-refractivity contribution in [2.75, 3.05) is 13.7 Å². The number of halogens is 1. The molecule has 0 aliphatic heterocycles. The summed E-state index contributed by atoms with van der Waals surface area (Å²) in [5.41, 5.74) is 2.25. The number of rotatable bonds is 4. The number of methoxy groups -OCH3 is 1. The van der Waals surface area contributed by atoms with Crippen LogP contribution in [0.2, 0.25) is 0 Å². The average Bonchev–Trinajstić information content (AvgIpc) is 2.78. The summed E-state index contributed by atoms with van der Waals surface area (Å²) >= 11 is 3.49. The summed E-state index contributed by atoms with van der Waals surface area (Å²) in [6.45, 7) is 3.47. The zero-order valence-electron chi connectivity index (χ0n) is 9.85. The van der Waals surface area contributed by atoms with E-state index >= 15 is 0 Å². The molecule has 17 heavy (non-hydrogen) atoms. The lowest BCUT2D eigenvalue weighted by atomic mass is 10.1. The number of benzene rings is 1. The van der Waals surface area contributed by atoms with Gasteiger partial charge < -0.3 is 9.30 Å². The summed E-state index contributed by atoms with van der Waals surface area (Å²) in [5, 5.41) is 8.10. The maximum atomic E-state index is 5.06. The first-order valence-electron chi connectivity index (χ1n) is 5.35. The molecule has 2 rings (SSSR count). The van der Waals surface area contributed by atoms with Crippen molar-refractivity contribution >= 4 is 15.9 Å². The van der Waals surface area contributed by atoms with Gasteiger partial charge in [-0.05, 0) is 24.6 Å². The minimum Gasteiger partial charge on any atom is -0.383 e. The first-order valence-corrected chi connectivity index (χ1v) is 6.15. The first kappa shape index (κ1) is 12.3. The quantitative estimate of drug-likeness (QED) is 0.871. The molecule has 0 aliphatic carbocycles. The Bertz CT molecular complexity index is 510. The van der Waals surface area contributed by atoms with Crippen LogP contribution >= 0.6 is 15.9 Å². The molecule has 0 spiro atoms. The van der Waals surface area contributed by atoms with Gasteiger partial charge in [-0.25, -0.2) is 0 Å². The van der Waals surface area contributed by atoms with Gasteiger partial charge in [-0.15, -0.1) is 10.2 Å². The van der Waals surface area contributed by atoms with Gasteiger partial charge in [0.25, 0.3) is 0 Å². The lowest BCUT2D eigenvalue weighted by Crippen LogP contribution is -2.05. The van der Waals surface area contributed by atoms with Crippen LogP contribution in [0.4, 0.5) is 0 Å². The van der Waals surface area contributed by atoms with E-state index in [9.17, 15) is 0 Å². The molecule has 1 aromatic heterocycles. The number of nitrogens with zero attached hydrogens (tertiary/aromatic N) is 3. The maximum absolute atomic E-state index is 5.06. The highest BCUT2D eigenvalue weighted by atomic mass is 79.9. The summed E-state index contributed by atoms with van der Waals surface area (Å²) in [4.78, 5) is 0. The molecule has 0 unspecified atom stereocenters. The Kier molecular flexibility index (Phi) is 3.91. The molecule has 0 aliphatic rings. The van der Waals surface area contributed by atoms with Crippen LogP contribution in [-0.4, -0.2) is 28.5 Å². The van der Waals surface area contributed by atoms with E-state index < -0.39 is 0 Å². The van der Waals surface area contributed by atoms with Crippen LogP contribution in [0.3, 0.4) is 0 Å². The molecule has 0 bridgehead atoms. The van der Waals surface area contributed by atoms with E-state index in [1.54, 1.807) is 13.4 Å². The molecule has 0 amide bonds. The molecule has 0 fully saturated rings. The molecule has 0 atom stereocenters. The molecule has 4 nitrogen and oxygen atoms in total. The van der Waals surface area contributed by atoms with Gasteiger partial charge in [-0.1, -0.05) is 22.0 Å². The molecule has 0 N–H and O–H groups in total. The van der Waals surface area contributed by atoms with Crippen LogP contribution in [0.1, 0.15) is 5.56 Å². The number of aromatic nitrogens is 3. The van der Waals surface area contributed by atoms with Crippen molar-refractivity contribution in [1.82, 2.24) is 14.8 Å². The molecule has 0 saturated carbocycles. The van der Waals surface area contributed by atoms with Crippen molar-refractivity contribution in [3.63, 3.8) is 0 Å². The predicted molar refractivity (Wildman–Crippen MR) is 69.8 cm³/mol. The van der Waals surface area contributed by atoms with Crippen LogP contribution in [0.5, 0.6) is 0 Å². The van der Waals surface area contributed by atoms with E-state index in [1.165, 1.54) is 5.56 Å². The molecule has 90 valence electrons. The largest absolute Gasteiger partial charge is 0.383 e. The van der Waals surface area contributed by atoms with Gasteiger partial charge in [0.1, 0.15) is 6.33 Å². The van der Waals surface area contributed by atoms with Crippen LogP contribution in [0.25, 0.3) is 11.4 Å². The molecule has 1 heterocycles. The fourth-order valence-electron chi connectivity index (χ4n) is 1.62. The van der Waals surface area contributed by atoms with Crippen LogP contribution in [0, 0.1) is 6.92 Å². The van der Waals surface area contributed by atoms with Crippen LogP contribution in [-0.2, 0) is 11.3 Å². The number of hydrogen-bond donors (Lipinski definition) is 0. The standard InChI is InChI=1S/C12H14BrN3O/c1-9-7-10(3-4-11(9)13)12-15-14-8-16(12)5-6-17-2/h3-4,7-8H,5-6H2,1-2H3. The number of ether oxygens (including phenoxy) is 1. The topological polar surface area (TPSA) is 39.9 Å². The molecular formula is C12H14BrN3O. The van der Waals surface area contributed by atoms with Gasteiger partial charge in [0.05, 0.1) is 6.61 Å². The Hall–Kier alpha value is -1.20. The fraction of sp³-hybridized carbons (Fsp3) is 0.333. The van der Waals surface area contributed by atoms with Crippen LogP contribution in [0.15, 0.2) is 29.0 Å². The highest BCUT2D eigenvalue weighted by Crippen LogP contribution is 2.23. The van der Waals surface area contributed by atoms with Gasteiger partial charge in [-0.3, -0.25) is 0 Å². The van der Waals surface area contributed by atoms with Crippen molar-refractivity contribution in [3.8, 4) is 11.4 Å². The molecule has 0 radical (unpaired) electrons. The Morgan fingerprint density at radius 2 is 2.24 bits per heavy atom. The molecular weight excluding hydrogens is 282 g/mol. The Morgan fingerprint density at radius 3 is 2.94 bits per heavy atom. The van der Waals surface area contributed by atoms with Crippen LogP contribution < -0.4 is 0 Å². The monoisotopic (exact) mass is 295 g/mol. The van der Waals surface area contributed by atoms with Gasteiger partial charge in [-0.2, -0.15) is 0 Å². The van der Waals surface area contributed by atoms with E-state index in [1.807, 2.05) is 16.7 Å². The third kappa shape index (κ3) is 2.73. The Balaban J connectivity index is 2.32. The van der Waals surface area contributed by atoms with E-state index in [2.05, 4.69) is 39.1 Å². The Morgan fingerprint density at radius 1 is 1.41 bits per heavy atom. The maximum Gasteiger partial charge on any atom is 0.163 e. The lowest BCUT2D eigenvalue weighted by Gasteiger charge is -2.07. The van der Waals surface area contributed by atoms with Crippen molar-refractivity contribution in [3.05, 3.63) is 34.6 Å². The fourth-order valence-corrected chi connectivity index (χ4v) is 1.86. The Labute approximate surface area is 109 Å². The van der Waals surface area contributed by atoms with Crippen molar-refractivity contribution < 1.29 is 4.74 Å². The minimum absolute atomic E-state index is 0.653. The second-order valence-corrected chi connectivity index (χ2v) is 4.66. The van der Waals surface area contributed by atoms with Gasteiger partial charge in [0, 0.05) is 23.7 Å². The SMILES string of the molecule is COCCn1cnnc1-c1ccc(Br)c(C)c1. The molecule has 0 saturated heterocycles. The number of hydrogen-bond acceptors (Lipinski definition) is 3. The second-order valence-electron chi connectivity index (χ2n) is 3.80. The smallest absolute Gasteiger partial charge is 0.163 e. The minimum atomic E-state index is 0.653. The van der Waals surface area contributed by atoms with E-state index in [0.29, 0.717) is 6.61 Å². The average molecular weight is 296 g/mol. The third-order valence-electron chi connectivity index (χ3n) is 2.57. The second kappa shape index (κ2) is 5.42. The summed E-state index contributed by atoms with van der Waals surface area (Å²) in [6.07, 6.45) is 1.73. The number of aryl methyl sites for hydroxylation is 1. The van der Waals surface area contributed by atoms with Crippen molar-refractivity contribution in [1.29, 1.82) is 0 Å². The third-order valence-corrected chi connectivity index (χ3v) is 3.46. The van der Waals surface area contributed by atoms with Gasteiger partial charge in [0.15, 0.2) is 5.82 Å². The predicted octanol–water partition coefficient (Wildman–Crippen LogP) is 2.66. The van der Waals surface area contributed by atoms with E-state index in [0.717, 1.165) is 22.4 Å². The van der Waals surface area contributed by atoms with Crippen molar-refractivity contribution in [2.45, 2.75) is 13.5 Å². The highest BCUT2D eigenvalue weighted by molar-refractivity contribution is 9.10. The summed E-state index contributed by atoms with van der Waals surface area (Å²) in [7, 11) is 1.69. The molecule has 5 heteroatoms. The van der Waals surface area contributed by atoms with Crippen molar-refractivity contribution in [2.24, 2.45) is 0 Å². The first-order chi connectivity index (χ1) is 8.22. The summed E-state index contributed by atoms with van der Waals surface area (Å²) in [6, 6.07) is 6.15. The lowest BCUT2D eigenvalue weighted by molar-refractivity contribution is 0.187. The highest BCUT2D eigenvalue weighted by Gasteiger charge is 2.08. The zero-order valence-corrected chi connectivity index (χ0v) is 11.4. The summed E-state index contributed by atoms with van der Waals surface area (Å²) in [5.74, 6) is 0.873. The molecule has 1 aromatic carbocycles. The summed E-state index contributed by atoms with van der Waals surface area (Å²) < 4.78 is 8.16. The van der Waals surface area contributed by atoms with Gasteiger partial charge in [0.2, 0.25) is 0 Å². The zero-order chi connectivity index (χ0) is 12.3.